The number of esters is 2. The Morgan fingerprint density at radius 3 is 1.24 bits per heavy atom. The average molecular weight is 663 g/mol. The summed E-state index contributed by atoms with van der Waals surface area (Å²) in [5.74, 6) is 0.297. The zero-order valence-electron chi connectivity index (χ0n) is 28.2. The van der Waals surface area contributed by atoms with Crippen LogP contribution in [0.1, 0.15) is 13.8 Å². The molecule has 0 saturated heterocycles. The molecule has 0 saturated carbocycles. The largest absolute Gasteiger partial charge is 0.489 e. The van der Waals surface area contributed by atoms with Crippen LogP contribution in [-0.2, 0) is 19.1 Å². The fraction of sp³-hybridized carbons (Fsp3) is 0.136. The lowest BCUT2D eigenvalue weighted by molar-refractivity contribution is -0.140. The van der Waals surface area contributed by atoms with Gasteiger partial charge in [-0.1, -0.05) is 122 Å². The lowest BCUT2D eigenvalue weighted by Gasteiger charge is -2.24. The van der Waals surface area contributed by atoms with Crippen LogP contribution in [0.2, 0.25) is 0 Å². The molecule has 250 valence electrons. The van der Waals surface area contributed by atoms with Crippen molar-refractivity contribution in [2.24, 2.45) is 0 Å². The summed E-state index contributed by atoms with van der Waals surface area (Å²) in [7, 11) is 0. The molecule has 0 fully saturated rings. The molecule has 0 N–H and O–H groups in total. The number of rotatable bonds is 13. The first-order valence-corrected chi connectivity index (χ1v) is 16.5. The van der Waals surface area contributed by atoms with E-state index < -0.39 is 11.9 Å². The predicted octanol–water partition coefficient (Wildman–Crippen LogP) is 9.99. The third kappa shape index (κ3) is 7.30. The number of hydrogen-bond donors (Lipinski definition) is 0. The van der Waals surface area contributed by atoms with Gasteiger partial charge in [0.2, 0.25) is 0 Å². The van der Waals surface area contributed by atoms with Crippen molar-refractivity contribution < 1.29 is 28.5 Å². The number of benzene rings is 6. The van der Waals surface area contributed by atoms with Gasteiger partial charge in [0.05, 0.1) is 0 Å². The molecule has 0 aliphatic rings. The van der Waals surface area contributed by atoms with Gasteiger partial charge in [0.25, 0.3) is 0 Å². The Labute approximate surface area is 292 Å². The van der Waals surface area contributed by atoms with Gasteiger partial charge in [-0.15, -0.1) is 0 Å². The fourth-order valence-electron chi connectivity index (χ4n) is 5.92. The smallest absolute Gasteiger partial charge is 0.333 e. The molecule has 50 heavy (non-hydrogen) atoms. The summed E-state index contributed by atoms with van der Waals surface area (Å²) in [6.45, 7) is 10.9. The van der Waals surface area contributed by atoms with Crippen LogP contribution in [0.25, 0.3) is 54.9 Å². The third-order valence-electron chi connectivity index (χ3n) is 8.25. The van der Waals surface area contributed by atoms with Crippen LogP contribution in [0.4, 0.5) is 0 Å². The monoisotopic (exact) mass is 662 g/mol. The van der Waals surface area contributed by atoms with Crippen LogP contribution in [0.15, 0.2) is 146 Å². The fourth-order valence-corrected chi connectivity index (χ4v) is 5.92. The molecule has 6 aromatic rings. The van der Waals surface area contributed by atoms with Gasteiger partial charge in [-0.05, 0) is 58.7 Å². The highest BCUT2D eigenvalue weighted by Crippen LogP contribution is 2.52. The SMILES string of the molecule is C=C(C)C(=O)OCCOc1c(-c2ccccc2)cc2ccccc2c1-c1c(OCCOC(=O)C(=C)C)c(-c2ccccc2)cc2ccccc12. The van der Waals surface area contributed by atoms with E-state index in [1.165, 1.54) is 0 Å². The van der Waals surface area contributed by atoms with Crippen molar-refractivity contribution in [1.82, 2.24) is 0 Å². The number of ether oxygens (including phenoxy) is 4. The number of carbonyl (C=O) groups is 2. The van der Waals surface area contributed by atoms with E-state index in [4.69, 9.17) is 18.9 Å². The van der Waals surface area contributed by atoms with Crippen LogP contribution < -0.4 is 9.47 Å². The topological polar surface area (TPSA) is 71.1 Å². The zero-order valence-corrected chi connectivity index (χ0v) is 28.2. The molecule has 0 aliphatic carbocycles. The first kappa shape index (κ1) is 33.7. The van der Waals surface area contributed by atoms with Gasteiger partial charge in [-0.25, -0.2) is 9.59 Å². The minimum atomic E-state index is -0.472. The molecule has 0 radical (unpaired) electrons. The van der Waals surface area contributed by atoms with Crippen molar-refractivity contribution in [2.75, 3.05) is 26.4 Å². The molecule has 6 rings (SSSR count). The Balaban J connectivity index is 1.64. The van der Waals surface area contributed by atoms with Gasteiger partial charge in [0, 0.05) is 33.4 Å². The standard InChI is InChI=1S/C44H38O6/c1-29(2)43(45)49-25-23-47-41-37(31-15-7-5-8-16-31)27-33-19-11-13-21-35(33)39(41)40-36-22-14-12-20-34(36)28-38(32-17-9-6-10-18-32)42(40)48-24-26-50-44(46)30(3)4/h5-22,27-28H,1,3,23-26H2,2,4H3. The van der Waals surface area contributed by atoms with Crippen molar-refractivity contribution in [2.45, 2.75) is 13.8 Å². The molecule has 0 unspecified atom stereocenters. The van der Waals surface area contributed by atoms with Gasteiger partial charge in [0.15, 0.2) is 0 Å². The summed E-state index contributed by atoms with van der Waals surface area (Å²) in [4.78, 5) is 24.5. The molecule has 0 spiro atoms. The van der Waals surface area contributed by atoms with E-state index in [-0.39, 0.29) is 26.4 Å². The normalized spacial score (nSPS) is 10.8. The first-order valence-electron chi connectivity index (χ1n) is 16.5. The summed E-state index contributed by atoms with van der Waals surface area (Å²) in [5.41, 5.74) is 5.98. The van der Waals surface area contributed by atoms with Crippen molar-refractivity contribution in [3.63, 3.8) is 0 Å². The minimum absolute atomic E-state index is 0.0361. The Kier molecular flexibility index (Phi) is 10.4. The van der Waals surface area contributed by atoms with Gasteiger partial charge in [-0.3, -0.25) is 0 Å². The Morgan fingerprint density at radius 1 is 0.500 bits per heavy atom. The van der Waals surface area contributed by atoms with E-state index in [9.17, 15) is 9.59 Å². The summed E-state index contributed by atoms with van der Waals surface area (Å²) < 4.78 is 24.3. The van der Waals surface area contributed by atoms with Crippen LogP contribution >= 0.6 is 0 Å². The van der Waals surface area contributed by atoms with E-state index in [1.807, 2.05) is 84.9 Å². The summed E-state index contributed by atoms with van der Waals surface area (Å²) in [6.07, 6.45) is 0. The lowest BCUT2D eigenvalue weighted by atomic mass is 9.86. The van der Waals surface area contributed by atoms with Gasteiger partial charge in [-0.2, -0.15) is 0 Å². The Hall–Kier alpha value is -6.14. The highest BCUT2D eigenvalue weighted by atomic mass is 16.6. The summed E-state index contributed by atoms with van der Waals surface area (Å²) >= 11 is 0. The summed E-state index contributed by atoms with van der Waals surface area (Å²) in [6, 6.07) is 40.8. The summed E-state index contributed by atoms with van der Waals surface area (Å²) in [5, 5.41) is 3.93. The Bertz CT molecular complexity index is 2040. The lowest BCUT2D eigenvalue weighted by Crippen LogP contribution is -2.14. The van der Waals surface area contributed by atoms with E-state index in [0.29, 0.717) is 22.6 Å². The van der Waals surface area contributed by atoms with Gasteiger partial charge in [0.1, 0.15) is 37.9 Å². The van der Waals surface area contributed by atoms with E-state index >= 15 is 0 Å². The molecular formula is C44H38O6. The van der Waals surface area contributed by atoms with Crippen molar-refractivity contribution in [1.29, 1.82) is 0 Å². The zero-order chi connectivity index (χ0) is 35.0. The van der Waals surface area contributed by atoms with Crippen LogP contribution in [0.5, 0.6) is 11.5 Å². The van der Waals surface area contributed by atoms with Crippen molar-refractivity contribution >= 4 is 33.5 Å². The van der Waals surface area contributed by atoms with Crippen LogP contribution in [-0.4, -0.2) is 38.4 Å². The number of carbonyl (C=O) groups excluding carboxylic acids is 2. The molecule has 6 nitrogen and oxygen atoms in total. The minimum Gasteiger partial charge on any atom is -0.489 e. The second-order valence-corrected chi connectivity index (χ2v) is 12.0. The molecule has 0 aliphatic heterocycles. The highest BCUT2D eigenvalue weighted by molar-refractivity contribution is 6.14. The molecule has 0 atom stereocenters. The van der Waals surface area contributed by atoms with Crippen molar-refractivity contribution in [3.05, 3.63) is 146 Å². The number of hydrogen-bond acceptors (Lipinski definition) is 6. The second kappa shape index (κ2) is 15.4. The molecule has 0 amide bonds. The van der Waals surface area contributed by atoms with Crippen LogP contribution in [0.3, 0.4) is 0 Å². The maximum atomic E-state index is 12.2. The molecule has 0 bridgehead atoms. The van der Waals surface area contributed by atoms with Crippen LogP contribution in [0, 0.1) is 0 Å². The van der Waals surface area contributed by atoms with Gasteiger partial charge >= 0.3 is 11.9 Å². The molecule has 0 heterocycles. The first-order chi connectivity index (χ1) is 24.3. The highest BCUT2D eigenvalue weighted by Gasteiger charge is 2.26. The molecule has 6 heteroatoms. The number of fused-ring (bicyclic) bond motifs is 2. The predicted molar refractivity (Wildman–Crippen MR) is 200 cm³/mol. The Morgan fingerprint density at radius 2 is 0.860 bits per heavy atom. The van der Waals surface area contributed by atoms with E-state index in [0.717, 1.165) is 54.9 Å². The quantitative estimate of drug-likeness (QED) is 0.0697. The average Bonchev–Trinajstić information content (AvgIpc) is 3.14. The molecule has 0 aromatic heterocycles. The molecular weight excluding hydrogens is 624 g/mol. The van der Waals surface area contributed by atoms with E-state index in [2.05, 4.69) is 49.6 Å². The molecule has 6 aromatic carbocycles. The second-order valence-electron chi connectivity index (χ2n) is 12.0. The van der Waals surface area contributed by atoms with Crippen molar-refractivity contribution in [3.8, 4) is 44.9 Å². The van der Waals surface area contributed by atoms with Gasteiger partial charge < -0.3 is 18.9 Å². The maximum absolute atomic E-state index is 12.2. The van der Waals surface area contributed by atoms with E-state index in [1.54, 1.807) is 13.8 Å². The maximum Gasteiger partial charge on any atom is 0.333 e. The third-order valence-corrected chi connectivity index (χ3v) is 8.25.